The summed E-state index contributed by atoms with van der Waals surface area (Å²) in [7, 11) is 0. The van der Waals surface area contributed by atoms with Crippen molar-refractivity contribution in [1.29, 1.82) is 0 Å². The standard InChI is InChI=1S/C18H21N3O4/c1-11(22)19-12-6-8-13(9-7-12)20-16(23)10-21-17(24)14-4-2-3-5-15(14)18(21)25/h6-9,14-15H,2-5,10H2,1H3,(H,19,22)(H,20,23)/t14-,15+. The van der Waals surface area contributed by atoms with Gasteiger partial charge in [0.2, 0.25) is 23.6 Å². The summed E-state index contributed by atoms with van der Waals surface area (Å²) in [6.07, 6.45) is 3.39. The summed E-state index contributed by atoms with van der Waals surface area (Å²) in [6, 6.07) is 6.63. The Bertz CT molecular complexity index is 690. The molecule has 3 rings (SSSR count). The van der Waals surface area contributed by atoms with E-state index in [1.807, 2.05) is 0 Å². The molecule has 2 aliphatic rings. The maximum Gasteiger partial charge on any atom is 0.244 e. The minimum atomic E-state index is -0.410. The summed E-state index contributed by atoms with van der Waals surface area (Å²) in [4.78, 5) is 49.0. The smallest absolute Gasteiger partial charge is 0.244 e. The highest BCUT2D eigenvalue weighted by atomic mass is 16.2. The third kappa shape index (κ3) is 3.70. The van der Waals surface area contributed by atoms with Gasteiger partial charge in [-0.1, -0.05) is 12.8 Å². The van der Waals surface area contributed by atoms with E-state index in [0.717, 1.165) is 30.6 Å². The molecule has 0 bridgehead atoms. The van der Waals surface area contributed by atoms with Crippen molar-refractivity contribution in [3.05, 3.63) is 24.3 Å². The van der Waals surface area contributed by atoms with E-state index in [2.05, 4.69) is 10.6 Å². The summed E-state index contributed by atoms with van der Waals surface area (Å²) >= 11 is 0. The minimum Gasteiger partial charge on any atom is -0.326 e. The van der Waals surface area contributed by atoms with Crippen molar-refractivity contribution >= 4 is 35.0 Å². The molecule has 7 nitrogen and oxygen atoms in total. The molecule has 1 saturated heterocycles. The number of fused-ring (bicyclic) bond motifs is 1. The molecule has 1 aliphatic carbocycles. The van der Waals surface area contributed by atoms with E-state index in [-0.39, 0.29) is 36.1 Å². The molecule has 7 heteroatoms. The maximum absolute atomic E-state index is 12.4. The Morgan fingerprint density at radius 3 is 1.92 bits per heavy atom. The number of benzene rings is 1. The van der Waals surface area contributed by atoms with Crippen molar-refractivity contribution in [2.45, 2.75) is 32.6 Å². The van der Waals surface area contributed by atoms with E-state index in [9.17, 15) is 19.2 Å². The van der Waals surface area contributed by atoms with Crippen LogP contribution in [0.3, 0.4) is 0 Å². The molecule has 132 valence electrons. The lowest BCUT2D eigenvalue weighted by molar-refractivity contribution is -0.142. The molecule has 25 heavy (non-hydrogen) atoms. The van der Waals surface area contributed by atoms with Crippen molar-refractivity contribution in [2.24, 2.45) is 11.8 Å². The third-order valence-corrected chi connectivity index (χ3v) is 4.72. The zero-order valence-electron chi connectivity index (χ0n) is 14.1. The van der Waals surface area contributed by atoms with Gasteiger partial charge in [0.05, 0.1) is 11.8 Å². The van der Waals surface area contributed by atoms with Crippen LogP contribution in [0.15, 0.2) is 24.3 Å². The lowest BCUT2D eigenvalue weighted by Gasteiger charge is -2.19. The lowest BCUT2D eigenvalue weighted by atomic mass is 9.81. The van der Waals surface area contributed by atoms with Crippen LogP contribution in [0.4, 0.5) is 11.4 Å². The summed E-state index contributed by atoms with van der Waals surface area (Å²) in [6.45, 7) is 1.16. The molecule has 1 heterocycles. The van der Waals surface area contributed by atoms with Crippen molar-refractivity contribution in [3.8, 4) is 0 Å². The normalized spacial score (nSPS) is 22.5. The van der Waals surface area contributed by atoms with Gasteiger partial charge >= 0.3 is 0 Å². The first-order chi connectivity index (χ1) is 12.0. The zero-order valence-corrected chi connectivity index (χ0v) is 14.1. The highest BCUT2D eigenvalue weighted by molar-refractivity contribution is 6.08. The van der Waals surface area contributed by atoms with Gasteiger partial charge in [-0.15, -0.1) is 0 Å². The first kappa shape index (κ1) is 17.1. The van der Waals surface area contributed by atoms with E-state index >= 15 is 0 Å². The fourth-order valence-corrected chi connectivity index (χ4v) is 3.57. The fourth-order valence-electron chi connectivity index (χ4n) is 3.57. The molecule has 2 atom stereocenters. The van der Waals surface area contributed by atoms with Gasteiger partial charge in [-0.2, -0.15) is 0 Å². The van der Waals surface area contributed by atoms with Crippen LogP contribution in [-0.4, -0.2) is 35.1 Å². The monoisotopic (exact) mass is 343 g/mol. The van der Waals surface area contributed by atoms with E-state index < -0.39 is 5.91 Å². The Morgan fingerprint density at radius 1 is 0.960 bits per heavy atom. The van der Waals surface area contributed by atoms with Crippen LogP contribution in [0.25, 0.3) is 0 Å². The fraction of sp³-hybridized carbons (Fsp3) is 0.444. The number of hydrogen-bond acceptors (Lipinski definition) is 4. The summed E-state index contributed by atoms with van der Waals surface area (Å²) in [5, 5.41) is 5.31. The second kappa shape index (κ2) is 7.04. The molecule has 0 aromatic heterocycles. The van der Waals surface area contributed by atoms with E-state index in [1.54, 1.807) is 24.3 Å². The highest BCUT2D eigenvalue weighted by Gasteiger charge is 2.48. The SMILES string of the molecule is CC(=O)Nc1ccc(NC(=O)CN2C(=O)[C@H]3CCCC[C@H]3C2=O)cc1. The number of amides is 4. The Kier molecular flexibility index (Phi) is 4.83. The molecular formula is C18H21N3O4. The topological polar surface area (TPSA) is 95.6 Å². The van der Waals surface area contributed by atoms with Crippen LogP contribution in [0.2, 0.25) is 0 Å². The first-order valence-electron chi connectivity index (χ1n) is 8.48. The molecule has 4 amide bonds. The van der Waals surface area contributed by atoms with Crippen LogP contribution in [0, 0.1) is 11.8 Å². The van der Waals surface area contributed by atoms with Gasteiger partial charge in [0, 0.05) is 18.3 Å². The molecular weight excluding hydrogens is 322 g/mol. The number of hydrogen-bond donors (Lipinski definition) is 2. The molecule has 0 radical (unpaired) electrons. The number of rotatable bonds is 4. The molecule has 0 unspecified atom stereocenters. The van der Waals surface area contributed by atoms with E-state index in [4.69, 9.17) is 0 Å². The molecule has 0 spiro atoms. The van der Waals surface area contributed by atoms with Crippen LogP contribution in [-0.2, 0) is 19.2 Å². The van der Waals surface area contributed by atoms with Gasteiger partial charge in [0.15, 0.2) is 0 Å². The molecule has 1 aromatic carbocycles. The average molecular weight is 343 g/mol. The molecule has 2 fully saturated rings. The Balaban J connectivity index is 1.60. The lowest BCUT2D eigenvalue weighted by Crippen LogP contribution is -2.38. The largest absolute Gasteiger partial charge is 0.326 e. The van der Waals surface area contributed by atoms with Crippen molar-refractivity contribution in [1.82, 2.24) is 4.90 Å². The van der Waals surface area contributed by atoms with Gasteiger partial charge in [0.25, 0.3) is 0 Å². The molecule has 2 N–H and O–H groups in total. The molecule has 1 aliphatic heterocycles. The Labute approximate surface area is 145 Å². The van der Waals surface area contributed by atoms with Crippen LogP contribution >= 0.6 is 0 Å². The van der Waals surface area contributed by atoms with Gasteiger partial charge in [0.1, 0.15) is 6.54 Å². The number of imide groups is 1. The van der Waals surface area contributed by atoms with Crippen LogP contribution < -0.4 is 10.6 Å². The van der Waals surface area contributed by atoms with Gasteiger partial charge in [-0.05, 0) is 37.1 Å². The van der Waals surface area contributed by atoms with Gasteiger partial charge in [-0.25, -0.2) is 0 Å². The van der Waals surface area contributed by atoms with Crippen molar-refractivity contribution in [3.63, 3.8) is 0 Å². The highest BCUT2D eigenvalue weighted by Crippen LogP contribution is 2.37. The van der Waals surface area contributed by atoms with Crippen molar-refractivity contribution in [2.75, 3.05) is 17.2 Å². The van der Waals surface area contributed by atoms with Crippen LogP contribution in [0.5, 0.6) is 0 Å². The van der Waals surface area contributed by atoms with Crippen molar-refractivity contribution < 1.29 is 19.2 Å². The number of anilines is 2. The third-order valence-electron chi connectivity index (χ3n) is 4.72. The number of carbonyl (C=O) groups is 4. The molecule has 1 aromatic rings. The van der Waals surface area contributed by atoms with E-state index in [0.29, 0.717) is 11.4 Å². The number of nitrogens with one attached hydrogen (secondary N) is 2. The van der Waals surface area contributed by atoms with Gasteiger partial charge in [-0.3, -0.25) is 24.1 Å². The maximum atomic E-state index is 12.4. The predicted octanol–water partition coefficient (Wildman–Crippen LogP) is 1.76. The summed E-state index contributed by atoms with van der Waals surface area (Å²) in [5.74, 6) is -1.51. The summed E-state index contributed by atoms with van der Waals surface area (Å²) in [5.41, 5.74) is 1.16. The Morgan fingerprint density at radius 2 is 1.44 bits per heavy atom. The first-order valence-corrected chi connectivity index (χ1v) is 8.48. The van der Waals surface area contributed by atoms with E-state index in [1.165, 1.54) is 6.92 Å². The predicted molar refractivity (Wildman–Crippen MR) is 91.5 cm³/mol. The second-order valence-corrected chi connectivity index (χ2v) is 6.57. The number of likely N-dealkylation sites (tertiary alicyclic amines) is 1. The second-order valence-electron chi connectivity index (χ2n) is 6.57. The minimum absolute atomic E-state index is 0.177. The molecule has 1 saturated carbocycles. The number of nitrogens with zero attached hydrogens (tertiary/aromatic N) is 1. The van der Waals surface area contributed by atoms with Gasteiger partial charge < -0.3 is 10.6 Å². The summed E-state index contributed by atoms with van der Waals surface area (Å²) < 4.78 is 0. The Hall–Kier alpha value is -2.70. The van der Waals surface area contributed by atoms with Crippen LogP contribution in [0.1, 0.15) is 32.6 Å². The average Bonchev–Trinajstić information content (AvgIpc) is 2.82. The zero-order chi connectivity index (χ0) is 18.0. The quantitative estimate of drug-likeness (QED) is 0.814. The number of carbonyl (C=O) groups excluding carboxylic acids is 4.